The molecule has 0 saturated heterocycles. The second-order valence-electron chi connectivity index (χ2n) is 5.76. The van der Waals surface area contributed by atoms with E-state index in [-0.39, 0.29) is 11.5 Å². The molecular weight excluding hydrogens is 330 g/mol. The summed E-state index contributed by atoms with van der Waals surface area (Å²) in [6, 6.07) is 16.5. The first-order chi connectivity index (χ1) is 12.6. The predicted molar refractivity (Wildman–Crippen MR) is 99.6 cm³/mol. The van der Waals surface area contributed by atoms with E-state index in [0.717, 1.165) is 5.56 Å². The van der Waals surface area contributed by atoms with Crippen molar-refractivity contribution in [2.24, 2.45) is 0 Å². The summed E-state index contributed by atoms with van der Waals surface area (Å²) in [5.74, 6) is -0.134. The number of methoxy groups -OCH3 is 2. The lowest BCUT2D eigenvalue weighted by Gasteiger charge is -2.17. The third-order valence-corrected chi connectivity index (χ3v) is 4.21. The highest BCUT2D eigenvalue weighted by molar-refractivity contribution is 6.23. The third kappa shape index (κ3) is 3.11. The number of benzene rings is 2. The number of esters is 1. The van der Waals surface area contributed by atoms with Crippen molar-refractivity contribution < 1.29 is 19.1 Å². The molecule has 5 nitrogen and oxygen atoms in total. The van der Waals surface area contributed by atoms with E-state index in [4.69, 9.17) is 9.47 Å². The Morgan fingerprint density at radius 3 is 2.42 bits per heavy atom. The van der Waals surface area contributed by atoms with Gasteiger partial charge in [0.25, 0.3) is 5.91 Å². The highest BCUT2D eigenvalue weighted by atomic mass is 16.5. The van der Waals surface area contributed by atoms with Crippen LogP contribution < -0.4 is 9.64 Å². The number of allylic oxidation sites excluding steroid dienone is 1. The highest BCUT2D eigenvalue weighted by Gasteiger charge is 2.37. The van der Waals surface area contributed by atoms with E-state index in [1.165, 1.54) is 12.0 Å². The Labute approximate surface area is 152 Å². The minimum Gasteiger partial charge on any atom is -0.497 e. The van der Waals surface area contributed by atoms with Crippen LogP contribution in [0, 0.1) is 0 Å². The van der Waals surface area contributed by atoms with Gasteiger partial charge in [-0.15, -0.1) is 0 Å². The quantitative estimate of drug-likeness (QED) is 0.625. The Morgan fingerprint density at radius 2 is 1.77 bits per heavy atom. The molecule has 1 heterocycles. The molecule has 0 atom stereocenters. The average molecular weight is 349 g/mol. The summed E-state index contributed by atoms with van der Waals surface area (Å²) in [6.45, 7) is 1.74. The third-order valence-electron chi connectivity index (χ3n) is 4.21. The molecule has 0 aliphatic carbocycles. The summed E-state index contributed by atoms with van der Waals surface area (Å²) in [5.41, 5.74) is 2.57. The maximum Gasteiger partial charge on any atom is 0.340 e. The molecule has 0 fully saturated rings. The molecule has 0 N–H and O–H groups in total. The normalized spacial score (nSPS) is 15.6. The smallest absolute Gasteiger partial charge is 0.340 e. The molecule has 3 rings (SSSR count). The van der Waals surface area contributed by atoms with Crippen LogP contribution >= 0.6 is 0 Å². The minimum atomic E-state index is -0.538. The molecule has 132 valence electrons. The van der Waals surface area contributed by atoms with Gasteiger partial charge in [-0.3, -0.25) is 9.69 Å². The number of nitrogens with zero attached hydrogens (tertiary/aromatic N) is 1. The van der Waals surface area contributed by atoms with Crippen molar-refractivity contribution in [3.8, 4) is 5.75 Å². The van der Waals surface area contributed by atoms with Crippen LogP contribution in [0.25, 0.3) is 6.08 Å². The molecule has 1 amide bonds. The Hall–Kier alpha value is -3.34. The van der Waals surface area contributed by atoms with Gasteiger partial charge in [-0.05, 0) is 42.8 Å². The number of carbonyl (C=O) groups excluding carboxylic acids is 2. The molecule has 0 radical (unpaired) electrons. The number of hydrogen-bond donors (Lipinski definition) is 0. The number of carbonyl (C=O) groups is 2. The molecule has 0 unspecified atom stereocenters. The number of para-hydroxylation sites is 1. The summed E-state index contributed by atoms with van der Waals surface area (Å²) in [4.78, 5) is 27.0. The van der Waals surface area contributed by atoms with E-state index in [2.05, 4.69) is 0 Å². The van der Waals surface area contributed by atoms with Gasteiger partial charge in [-0.1, -0.05) is 30.3 Å². The Balaban J connectivity index is 2.13. The van der Waals surface area contributed by atoms with Crippen LogP contribution in [0.3, 0.4) is 0 Å². The molecule has 0 bridgehead atoms. The van der Waals surface area contributed by atoms with Crippen molar-refractivity contribution in [1.29, 1.82) is 0 Å². The average Bonchev–Trinajstić information content (AvgIpc) is 2.92. The number of ether oxygens (including phenoxy) is 2. The lowest BCUT2D eigenvalue weighted by Crippen LogP contribution is -2.24. The van der Waals surface area contributed by atoms with Crippen LogP contribution in [0.1, 0.15) is 12.5 Å². The van der Waals surface area contributed by atoms with Gasteiger partial charge in [0.15, 0.2) is 0 Å². The lowest BCUT2D eigenvalue weighted by molar-refractivity contribution is -0.136. The first kappa shape index (κ1) is 17.5. The molecule has 26 heavy (non-hydrogen) atoms. The zero-order chi connectivity index (χ0) is 18.7. The van der Waals surface area contributed by atoms with Crippen LogP contribution in [0.15, 0.2) is 71.4 Å². The molecular formula is C21H19NO4. The second kappa shape index (κ2) is 7.27. The molecule has 1 aliphatic heterocycles. The van der Waals surface area contributed by atoms with E-state index in [9.17, 15) is 9.59 Å². The topological polar surface area (TPSA) is 55.8 Å². The fourth-order valence-corrected chi connectivity index (χ4v) is 2.97. The van der Waals surface area contributed by atoms with Crippen LogP contribution in [0.4, 0.5) is 5.69 Å². The van der Waals surface area contributed by atoms with Crippen molar-refractivity contribution in [2.45, 2.75) is 6.92 Å². The molecule has 1 aliphatic rings. The Kier molecular flexibility index (Phi) is 4.89. The van der Waals surface area contributed by atoms with Gasteiger partial charge >= 0.3 is 5.97 Å². The number of rotatable bonds is 4. The highest BCUT2D eigenvalue weighted by Crippen LogP contribution is 2.35. The van der Waals surface area contributed by atoms with Gasteiger partial charge in [0.1, 0.15) is 5.75 Å². The van der Waals surface area contributed by atoms with Crippen LogP contribution in [-0.2, 0) is 14.3 Å². The monoisotopic (exact) mass is 349 g/mol. The zero-order valence-corrected chi connectivity index (χ0v) is 14.9. The fraction of sp³-hybridized carbons (Fsp3) is 0.143. The van der Waals surface area contributed by atoms with Crippen molar-refractivity contribution in [3.05, 3.63) is 77.0 Å². The Morgan fingerprint density at radius 1 is 1.04 bits per heavy atom. The lowest BCUT2D eigenvalue weighted by atomic mass is 10.0. The predicted octanol–water partition coefficient (Wildman–Crippen LogP) is 3.57. The van der Waals surface area contributed by atoms with Crippen LogP contribution in [0.5, 0.6) is 5.75 Å². The van der Waals surface area contributed by atoms with Crippen LogP contribution in [-0.4, -0.2) is 26.1 Å². The molecule has 0 saturated carbocycles. The van der Waals surface area contributed by atoms with Gasteiger partial charge in [0, 0.05) is 11.4 Å². The van der Waals surface area contributed by atoms with Gasteiger partial charge in [0.2, 0.25) is 0 Å². The van der Waals surface area contributed by atoms with Crippen molar-refractivity contribution >= 4 is 23.6 Å². The first-order valence-corrected chi connectivity index (χ1v) is 8.11. The van der Waals surface area contributed by atoms with E-state index in [1.54, 1.807) is 26.2 Å². The van der Waals surface area contributed by atoms with Gasteiger partial charge in [-0.25, -0.2) is 4.79 Å². The summed E-state index contributed by atoms with van der Waals surface area (Å²) >= 11 is 0. The van der Waals surface area contributed by atoms with E-state index in [1.807, 2.05) is 48.5 Å². The summed E-state index contributed by atoms with van der Waals surface area (Å²) in [7, 11) is 2.88. The van der Waals surface area contributed by atoms with E-state index < -0.39 is 5.97 Å². The summed E-state index contributed by atoms with van der Waals surface area (Å²) in [5, 5.41) is 0. The van der Waals surface area contributed by atoms with Crippen molar-refractivity contribution in [3.63, 3.8) is 0 Å². The fourth-order valence-electron chi connectivity index (χ4n) is 2.97. The molecule has 2 aromatic carbocycles. The maximum atomic E-state index is 13.1. The summed E-state index contributed by atoms with van der Waals surface area (Å²) in [6.07, 6.45) is 1.68. The molecule has 5 heteroatoms. The molecule has 2 aromatic rings. The van der Waals surface area contributed by atoms with Gasteiger partial charge < -0.3 is 9.47 Å². The SMILES string of the molecule is COC(=O)C1=C(C)N(c2ccccc2)C(=O)/C1=C\c1cccc(OC)c1. The Bertz CT molecular complexity index is 913. The number of amides is 1. The van der Waals surface area contributed by atoms with E-state index >= 15 is 0 Å². The largest absolute Gasteiger partial charge is 0.497 e. The van der Waals surface area contributed by atoms with Crippen molar-refractivity contribution in [1.82, 2.24) is 0 Å². The number of hydrogen-bond acceptors (Lipinski definition) is 4. The first-order valence-electron chi connectivity index (χ1n) is 8.11. The second-order valence-corrected chi connectivity index (χ2v) is 5.76. The van der Waals surface area contributed by atoms with Gasteiger partial charge in [0.05, 0.1) is 25.4 Å². The van der Waals surface area contributed by atoms with Crippen LogP contribution in [0.2, 0.25) is 0 Å². The van der Waals surface area contributed by atoms with Crippen molar-refractivity contribution in [2.75, 3.05) is 19.1 Å². The standard InChI is InChI=1S/C21H19NO4/c1-14-19(21(24)26-3)18(13-15-8-7-11-17(12-15)25-2)20(23)22(14)16-9-5-4-6-10-16/h4-13H,1-3H3/b18-13-. The zero-order valence-electron chi connectivity index (χ0n) is 14.9. The molecule has 0 aromatic heterocycles. The minimum absolute atomic E-state index is 0.267. The van der Waals surface area contributed by atoms with Gasteiger partial charge in [-0.2, -0.15) is 0 Å². The summed E-state index contributed by atoms with van der Waals surface area (Å²) < 4.78 is 10.1. The number of anilines is 1. The maximum absolute atomic E-state index is 13.1. The van der Waals surface area contributed by atoms with E-state index in [0.29, 0.717) is 22.7 Å². The molecule has 0 spiro atoms.